The Morgan fingerprint density at radius 1 is 0.484 bits per heavy atom. The molecule has 5 heteroatoms. The van der Waals surface area contributed by atoms with Gasteiger partial charge in [-0.25, -0.2) is 4.99 Å². The van der Waals surface area contributed by atoms with Crippen LogP contribution in [-0.4, -0.2) is 18.5 Å². The maximum Gasteiger partial charge on any atom is 0.179 e. The molecule has 11 rings (SSSR count). The van der Waals surface area contributed by atoms with E-state index in [1.807, 2.05) is 0 Å². The van der Waals surface area contributed by atoms with Crippen LogP contribution in [0.4, 0.5) is 0 Å². The van der Waals surface area contributed by atoms with Crippen molar-refractivity contribution >= 4 is 56.5 Å². The monoisotopic (exact) mass is 814 g/mol. The summed E-state index contributed by atoms with van der Waals surface area (Å²) in [6.07, 6.45) is 9.31. The van der Waals surface area contributed by atoms with Gasteiger partial charge in [0.2, 0.25) is 0 Å². The molecule has 0 saturated carbocycles. The molecule has 0 saturated heterocycles. The van der Waals surface area contributed by atoms with Crippen LogP contribution < -0.4 is 31.4 Å². The van der Waals surface area contributed by atoms with E-state index in [4.69, 9.17) is 4.99 Å². The molecular weight excluding hydrogens is 769 g/mol. The van der Waals surface area contributed by atoms with Crippen LogP contribution in [0.3, 0.4) is 0 Å². The van der Waals surface area contributed by atoms with Crippen molar-refractivity contribution in [3.8, 4) is 16.8 Å². The number of allylic oxidation sites excluding steroid dienone is 3. The fourth-order valence-corrected chi connectivity index (χ4v) is 14.5. The SMILES string of the molecule is C1=CCC(C2=NC(c3cccc(-c4ccc([Si](c5ccccc5)(c5ccccc5)c5ccccc5)cc4)c3)NC(c3ccc(-n4c5ccccc5c5ccccc54)cc3)N2)C=C1. The third kappa shape index (κ3) is 6.72. The average Bonchev–Trinajstić information content (AvgIpc) is 3.70. The molecule has 0 amide bonds. The van der Waals surface area contributed by atoms with Crippen LogP contribution >= 0.6 is 0 Å². The van der Waals surface area contributed by atoms with E-state index in [2.05, 4.69) is 252 Å². The van der Waals surface area contributed by atoms with Crippen LogP contribution in [0.15, 0.2) is 242 Å². The first-order valence-electron chi connectivity index (χ1n) is 21.6. The van der Waals surface area contributed by atoms with E-state index in [9.17, 15) is 0 Å². The fraction of sp³-hybridized carbons (Fsp3) is 0.0702. The molecule has 4 nitrogen and oxygen atoms in total. The highest BCUT2D eigenvalue weighted by Crippen LogP contribution is 2.34. The van der Waals surface area contributed by atoms with Gasteiger partial charge < -0.3 is 9.88 Å². The smallest absolute Gasteiger partial charge is 0.179 e. The van der Waals surface area contributed by atoms with Crippen molar-refractivity contribution in [1.29, 1.82) is 0 Å². The minimum atomic E-state index is -2.62. The molecule has 1 aliphatic heterocycles. The first-order chi connectivity index (χ1) is 30.7. The lowest BCUT2D eigenvalue weighted by molar-refractivity contribution is 0.399. The van der Waals surface area contributed by atoms with E-state index in [1.165, 1.54) is 53.7 Å². The number of hydrogen-bond donors (Lipinski definition) is 2. The molecule has 3 atom stereocenters. The molecule has 2 aliphatic rings. The van der Waals surface area contributed by atoms with E-state index >= 15 is 0 Å². The molecule has 2 N–H and O–H groups in total. The van der Waals surface area contributed by atoms with Crippen molar-refractivity contribution in [3.63, 3.8) is 0 Å². The Kier molecular flexibility index (Phi) is 9.89. The largest absolute Gasteiger partial charge is 0.354 e. The number of rotatable bonds is 9. The maximum atomic E-state index is 5.37. The van der Waals surface area contributed by atoms with E-state index in [0.29, 0.717) is 0 Å². The summed E-state index contributed by atoms with van der Waals surface area (Å²) in [5.74, 6) is 1.19. The maximum absolute atomic E-state index is 5.37. The normalized spacial score (nSPS) is 17.5. The first-order valence-corrected chi connectivity index (χ1v) is 23.6. The van der Waals surface area contributed by atoms with Gasteiger partial charge in [0, 0.05) is 22.4 Å². The van der Waals surface area contributed by atoms with Gasteiger partial charge in [-0.15, -0.1) is 0 Å². The Morgan fingerprint density at radius 3 is 1.63 bits per heavy atom. The van der Waals surface area contributed by atoms with Gasteiger partial charge in [-0.2, -0.15) is 0 Å². The van der Waals surface area contributed by atoms with Gasteiger partial charge in [-0.05, 0) is 79.8 Å². The zero-order valence-corrected chi connectivity index (χ0v) is 35.4. The van der Waals surface area contributed by atoms with E-state index < -0.39 is 8.07 Å². The number of nitrogens with zero attached hydrogens (tertiary/aromatic N) is 2. The predicted molar refractivity (Wildman–Crippen MR) is 262 cm³/mol. The van der Waals surface area contributed by atoms with E-state index in [1.54, 1.807) is 0 Å². The van der Waals surface area contributed by atoms with Crippen molar-refractivity contribution in [2.75, 3.05) is 0 Å². The molecule has 8 aromatic carbocycles. The quantitative estimate of drug-likeness (QED) is 0.113. The van der Waals surface area contributed by atoms with Crippen molar-refractivity contribution in [1.82, 2.24) is 15.2 Å². The summed E-state index contributed by atoms with van der Waals surface area (Å²) in [6, 6.07) is 78.0. The van der Waals surface area contributed by atoms with Crippen LogP contribution in [-0.2, 0) is 0 Å². The van der Waals surface area contributed by atoms with Crippen LogP contribution in [0.5, 0.6) is 0 Å². The summed E-state index contributed by atoms with van der Waals surface area (Å²) in [7, 11) is -2.62. The number of nitrogens with one attached hydrogen (secondary N) is 2. The Bertz CT molecular complexity index is 2950. The standard InChI is InChI=1S/C57H46N4Si/c1-5-18-42(19-6-1)55-58-56(43-32-36-46(37-33-43)61-53-30-15-13-28-51(53)52-29-14-16-31-54(52)61)60-57(59-55)45-21-17-20-44(40-45)41-34-38-50(39-35-41)62(47-22-7-2-8-23-47,48-24-9-3-10-25-48)49-26-11-4-12-27-49/h1-18,20-40,42,56-57,60H,19H2,(H,58,59). The minimum absolute atomic E-state index is 0.131. The lowest BCUT2D eigenvalue weighted by atomic mass is 9.97. The summed E-state index contributed by atoms with van der Waals surface area (Å²) in [5.41, 5.74) is 8.21. The Morgan fingerprint density at radius 2 is 1.05 bits per heavy atom. The Labute approximate surface area is 364 Å². The summed E-state index contributed by atoms with van der Waals surface area (Å²) in [4.78, 5) is 5.37. The van der Waals surface area contributed by atoms with Gasteiger partial charge in [0.1, 0.15) is 18.2 Å². The average molecular weight is 815 g/mol. The summed E-state index contributed by atoms with van der Waals surface area (Å²) >= 11 is 0. The molecule has 0 spiro atoms. The van der Waals surface area contributed by atoms with E-state index in [-0.39, 0.29) is 18.2 Å². The topological polar surface area (TPSA) is 41.4 Å². The van der Waals surface area contributed by atoms with Crippen molar-refractivity contribution in [2.24, 2.45) is 10.9 Å². The molecule has 2 heterocycles. The molecule has 1 aromatic heterocycles. The minimum Gasteiger partial charge on any atom is -0.354 e. The molecule has 0 bridgehead atoms. The van der Waals surface area contributed by atoms with Crippen molar-refractivity contribution in [2.45, 2.75) is 18.8 Å². The van der Waals surface area contributed by atoms with Crippen LogP contribution in [0.25, 0.3) is 38.6 Å². The van der Waals surface area contributed by atoms with Gasteiger partial charge in [0.15, 0.2) is 8.07 Å². The van der Waals surface area contributed by atoms with Gasteiger partial charge >= 0.3 is 0 Å². The molecule has 0 radical (unpaired) electrons. The number of para-hydroxylation sites is 2. The third-order valence-corrected chi connectivity index (χ3v) is 17.6. The lowest BCUT2D eigenvalue weighted by Gasteiger charge is -2.34. The summed E-state index contributed by atoms with van der Waals surface area (Å²) < 4.78 is 2.37. The number of hydrogen-bond acceptors (Lipinski definition) is 3. The molecule has 3 unspecified atom stereocenters. The Hall–Kier alpha value is -7.31. The second-order valence-corrected chi connectivity index (χ2v) is 20.1. The molecule has 1 aliphatic carbocycles. The number of benzene rings is 8. The molecule has 0 fully saturated rings. The van der Waals surface area contributed by atoms with Gasteiger partial charge in [0.05, 0.1) is 11.0 Å². The molecular formula is C57H46N4Si. The third-order valence-electron chi connectivity index (χ3n) is 12.8. The predicted octanol–water partition coefficient (Wildman–Crippen LogP) is 10.2. The van der Waals surface area contributed by atoms with Crippen molar-refractivity contribution < 1.29 is 0 Å². The highest BCUT2D eigenvalue weighted by atomic mass is 28.3. The van der Waals surface area contributed by atoms with E-state index in [0.717, 1.165) is 29.1 Å². The van der Waals surface area contributed by atoms with Gasteiger partial charge in [-0.1, -0.05) is 206 Å². The Balaban J connectivity index is 0.936. The number of aliphatic imine (C=N–C) groups is 1. The van der Waals surface area contributed by atoms with Gasteiger partial charge in [0.25, 0.3) is 0 Å². The number of aromatic nitrogens is 1. The first kappa shape index (κ1) is 37.7. The molecule has 62 heavy (non-hydrogen) atoms. The van der Waals surface area contributed by atoms with Crippen LogP contribution in [0, 0.1) is 5.92 Å². The van der Waals surface area contributed by atoms with Crippen molar-refractivity contribution in [3.05, 3.63) is 248 Å². The summed E-state index contributed by atoms with van der Waals surface area (Å²) in [5, 5.41) is 15.7. The highest BCUT2D eigenvalue weighted by Gasteiger charge is 2.41. The fourth-order valence-electron chi connectivity index (χ4n) is 9.78. The number of fused-ring (bicyclic) bond motifs is 3. The van der Waals surface area contributed by atoms with Crippen LogP contribution in [0.1, 0.15) is 29.9 Å². The zero-order valence-electron chi connectivity index (χ0n) is 34.4. The lowest BCUT2D eigenvalue weighted by Crippen LogP contribution is -2.74. The van der Waals surface area contributed by atoms with Gasteiger partial charge in [-0.3, -0.25) is 5.32 Å². The summed E-state index contributed by atoms with van der Waals surface area (Å²) in [6.45, 7) is 0. The highest BCUT2D eigenvalue weighted by molar-refractivity contribution is 7.19. The number of amidine groups is 1. The second-order valence-electron chi connectivity index (χ2n) is 16.3. The molecule has 9 aromatic rings. The second kappa shape index (κ2) is 16.3. The van der Waals surface area contributed by atoms with Crippen LogP contribution in [0.2, 0.25) is 0 Å². The zero-order chi connectivity index (χ0) is 41.3. The molecule has 298 valence electrons.